The van der Waals surface area contributed by atoms with E-state index in [1.807, 2.05) is 0 Å². The van der Waals surface area contributed by atoms with Gasteiger partial charge in [0.2, 0.25) is 0 Å². The van der Waals surface area contributed by atoms with Crippen LogP contribution in [-0.4, -0.2) is 36.6 Å². The van der Waals surface area contributed by atoms with Crippen LogP contribution in [0.4, 0.5) is 0 Å². The highest BCUT2D eigenvalue weighted by molar-refractivity contribution is 5.76. The van der Waals surface area contributed by atoms with Crippen molar-refractivity contribution >= 4 is 5.97 Å². The number of hydrogen-bond acceptors (Lipinski definition) is 3. The van der Waals surface area contributed by atoms with E-state index in [9.17, 15) is 4.79 Å². The zero-order chi connectivity index (χ0) is 10.6. The number of methoxy groups -OCH3 is 1. The summed E-state index contributed by atoms with van der Waals surface area (Å²) < 4.78 is 4.72. The highest BCUT2D eigenvalue weighted by Gasteiger charge is 2.38. The quantitative estimate of drug-likeness (QED) is 0.496. The van der Waals surface area contributed by atoms with E-state index in [1.54, 1.807) is 0 Å². The van der Waals surface area contributed by atoms with Crippen molar-refractivity contribution in [2.45, 2.75) is 38.3 Å². The summed E-state index contributed by atoms with van der Waals surface area (Å²) in [6, 6.07) is 0.274. The van der Waals surface area contributed by atoms with Gasteiger partial charge in [-0.3, -0.25) is 9.69 Å². The molecule has 0 aromatic rings. The van der Waals surface area contributed by atoms with E-state index in [1.165, 1.54) is 7.11 Å². The predicted molar refractivity (Wildman–Crippen MR) is 54.7 cm³/mol. The zero-order valence-electron chi connectivity index (χ0n) is 8.82. The monoisotopic (exact) mass is 195 g/mol. The van der Waals surface area contributed by atoms with Gasteiger partial charge in [0.05, 0.1) is 7.11 Å². The van der Waals surface area contributed by atoms with Crippen LogP contribution < -0.4 is 0 Å². The highest BCUT2D eigenvalue weighted by Crippen LogP contribution is 2.24. The molecule has 0 radical (unpaired) electrons. The molecule has 78 valence electrons. The first-order valence-corrected chi connectivity index (χ1v) is 5.01. The highest BCUT2D eigenvalue weighted by atomic mass is 16.5. The molecule has 3 nitrogen and oxygen atoms in total. The summed E-state index contributed by atoms with van der Waals surface area (Å²) >= 11 is 0. The largest absolute Gasteiger partial charge is 0.468 e. The second kappa shape index (κ2) is 5.02. The van der Waals surface area contributed by atoms with Gasteiger partial charge in [0.25, 0.3) is 0 Å². The Bertz CT molecular complexity index is 244. The minimum absolute atomic E-state index is 0.0571. The number of rotatable bonds is 4. The van der Waals surface area contributed by atoms with Crippen molar-refractivity contribution in [3.63, 3.8) is 0 Å². The van der Waals surface area contributed by atoms with E-state index in [0.29, 0.717) is 12.5 Å². The molecule has 2 unspecified atom stereocenters. The number of ether oxygens (including phenoxy) is 1. The average molecular weight is 195 g/mol. The Morgan fingerprint density at radius 2 is 2.50 bits per heavy atom. The molecule has 1 saturated heterocycles. The minimum atomic E-state index is -0.133. The summed E-state index contributed by atoms with van der Waals surface area (Å²) in [5.41, 5.74) is 0. The number of likely N-dealkylation sites (tertiary alicyclic amines) is 1. The number of carbonyl (C=O) groups excluding carboxylic acids is 1. The fraction of sp³-hybridized carbons (Fsp3) is 0.727. The topological polar surface area (TPSA) is 29.5 Å². The van der Waals surface area contributed by atoms with Gasteiger partial charge in [0, 0.05) is 19.0 Å². The molecule has 0 aromatic heterocycles. The standard InChI is InChI=1S/C11H17NO2/c1-4-6-9(5-2)12-8-7-10(12)11(13)14-3/h1,9-10H,5-8H2,2-3H3. The molecule has 0 amide bonds. The number of carbonyl (C=O) groups is 1. The summed E-state index contributed by atoms with van der Waals surface area (Å²) in [5, 5.41) is 0. The van der Waals surface area contributed by atoms with Gasteiger partial charge in [-0.25, -0.2) is 0 Å². The normalized spacial score (nSPS) is 23.4. The molecule has 2 atom stereocenters. The molecule has 1 rings (SSSR count). The Balaban J connectivity index is 2.52. The number of terminal acetylenes is 1. The molecule has 0 bridgehead atoms. The maximum atomic E-state index is 11.3. The van der Waals surface area contributed by atoms with Crippen molar-refractivity contribution in [3.05, 3.63) is 0 Å². The third-order valence-corrected chi connectivity index (χ3v) is 2.83. The smallest absolute Gasteiger partial charge is 0.323 e. The summed E-state index contributed by atoms with van der Waals surface area (Å²) in [4.78, 5) is 13.5. The summed E-state index contributed by atoms with van der Waals surface area (Å²) in [7, 11) is 1.43. The van der Waals surface area contributed by atoms with Crippen molar-refractivity contribution in [1.82, 2.24) is 4.90 Å². The fourth-order valence-electron chi connectivity index (χ4n) is 1.87. The van der Waals surface area contributed by atoms with Gasteiger partial charge in [-0.15, -0.1) is 12.3 Å². The van der Waals surface area contributed by atoms with Crippen molar-refractivity contribution in [2.24, 2.45) is 0 Å². The zero-order valence-corrected chi connectivity index (χ0v) is 8.82. The lowest BCUT2D eigenvalue weighted by atomic mass is 9.97. The SMILES string of the molecule is C#CCC(CC)N1CCC1C(=O)OC. The van der Waals surface area contributed by atoms with Crippen LogP contribution in [0, 0.1) is 12.3 Å². The van der Waals surface area contributed by atoms with E-state index in [-0.39, 0.29) is 12.0 Å². The van der Waals surface area contributed by atoms with Crippen LogP contribution in [0.15, 0.2) is 0 Å². The van der Waals surface area contributed by atoms with Crippen LogP contribution in [0.2, 0.25) is 0 Å². The predicted octanol–water partition coefficient (Wildman–Crippen LogP) is 1.04. The van der Waals surface area contributed by atoms with E-state index in [0.717, 1.165) is 19.4 Å². The van der Waals surface area contributed by atoms with Crippen molar-refractivity contribution < 1.29 is 9.53 Å². The molecule has 0 spiro atoms. The first-order valence-electron chi connectivity index (χ1n) is 5.01. The molecule has 0 N–H and O–H groups in total. The van der Waals surface area contributed by atoms with Crippen LogP contribution in [0.1, 0.15) is 26.2 Å². The van der Waals surface area contributed by atoms with Gasteiger partial charge in [0.1, 0.15) is 6.04 Å². The van der Waals surface area contributed by atoms with Crippen LogP contribution in [0.3, 0.4) is 0 Å². The van der Waals surface area contributed by atoms with Gasteiger partial charge in [-0.1, -0.05) is 6.92 Å². The minimum Gasteiger partial charge on any atom is -0.468 e. The molecular formula is C11H17NO2. The van der Waals surface area contributed by atoms with Crippen molar-refractivity contribution in [2.75, 3.05) is 13.7 Å². The van der Waals surface area contributed by atoms with E-state index in [2.05, 4.69) is 17.7 Å². The average Bonchev–Trinajstić information content (AvgIpc) is 2.15. The summed E-state index contributed by atoms with van der Waals surface area (Å²) in [6.45, 7) is 3.05. The number of nitrogens with zero attached hydrogens (tertiary/aromatic N) is 1. The molecule has 0 saturated carbocycles. The molecule has 14 heavy (non-hydrogen) atoms. The Morgan fingerprint density at radius 1 is 1.79 bits per heavy atom. The third kappa shape index (κ3) is 2.08. The van der Waals surface area contributed by atoms with Gasteiger partial charge >= 0.3 is 5.97 Å². The second-order valence-electron chi connectivity index (χ2n) is 3.54. The van der Waals surface area contributed by atoms with Gasteiger partial charge < -0.3 is 4.74 Å². The molecule has 1 heterocycles. The molecule has 1 aliphatic rings. The van der Waals surface area contributed by atoms with Crippen molar-refractivity contribution in [1.29, 1.82) is 0 Å². The molecule has 0 aromatic carbocycles. The van der Waals surface area contributed by atoms with Gasteiger partial charge in [-0.2, -0.15) is 0 Å². The fourth-order valence-corrected chi connectivity index (χ4v) is 1.87. The lowest BCUT2D eigenvalue weighted by Gasteiger charge is -2.43. The lowest BCUT2D eigenvalue weighted by molar-refractivity contribution is -0.153. The summed E-state index contributed by atoms with van der Waals surface area (Å²) in [6.07, 6.45) is 7.88. The van der Waals surface area contributed by atoms with E-state index in [4.69, 9.17) is 11.2 Å². The molecule has 1 aliphatic heterocycles. The maximum absolute atomic E-state index is 11.3. The summed E-state index contributed by atoms with van der Waals surface area (Å²) in [5.74, 6) is 2.52. The van der Waals surface area contributed by atoms with E-state index < -0.39 is 0 Å². The van der Waals surface area contributed by atoms with Crippen LogP contribution in [-0.2, 0) is 9.53 Å². The Morgan fingerprint density at radius 3 is 2.86 bits per heavy atom. The number of hydrogen-bond donors (Lipinski definition) is 0. The van der Waals surface area contributed by atoms with Crippen molar-refractivity contribution in [3.8, 4) is 12.3 Å². The Hall–Kier alpha value is -1.01. The second-order valence-corrected chi connectivity index (χ2v) is 3.54. The van der Waals surface area contributed by atoms with Crippen LogP contribution >= 0.6 is 0 Å². The molecule has 0 aliphatic carbocycles. The van der Waals surface area contributed by atoms with Crippen LogP contribution in [0.5, 0.6) is 0 Å². The van der Waals surface area contributed by atoms with Crippen LogP contribution in [0.25, 0.3) is 0 Å². The first kappa shape index (κ1) is 11.1. The Kier molecular flexibility index (Phi) is 3.97. The van der Waals surface area contributed by atoms with Gasteiger partial charge in [0.15, 0.2) is 0 Å². The Labute approximate surface area is 85.4 Å². The third-order valence-electron chi connectivity index (χ3n) is 2.83. The first-order chi connectivity index (χ1) is 6.74. The van der Waals surface area contributed by atoms with E-state index >= 15 is 0 Å². The molecule has 3 heteroatoms. The number of esters is 1. The molecule has 1 fully saturated rings. The lowest BCUT2D eigenvalue weighted by Crippen LogP contribution is -2.57. The molecular weight excluding hydrogens is 178 g/mol. The van der Waals surface area contributed by atoms with Gasteiger partial charge in [-0.05, 0) is 12.8 Å². The maximum Gasteiger partial charge on any atom is 0.323 e.